The highest BCUT2D eigenvalue weighted by Crippen LogP contribution is 2.54. The van der Waals surface area contributed by atoms with Crippen molar-refractivity contribution in [1.82, 2.24) is 0 Å². The number of anilines is 1. The van der Waals surface area contributed by atoms with Gasteiger partial charge in [-0.15, -0.1) is 0 Å². The smallest absolute Gasteiger partial charge is 0.211 e. The summed E-state index contributed by atoms with van der Waals surface area (Å²) in [6.07, 6.45) is 4.37. The van der Waals surface area contributed by atoms with E-state index in [-0.39, 0.29) is 5.41 Å². The first-order valence-electron chi connectivity index (χ1n) is 7.47. The summed E-state index contributed by atoms with van der Waals surface area (Å²) in [4.78, 5) is 2.25. The number of hydrogen-bond donors (Lipinski definition) is 0. The van der Waals surface area contributed by atoms with Crippen molar-refractivity contribution in [1.29, 1.82) is 0 Å². The minimum absolute atomic E-state index is 0.151. The molecule has 0 aromatic heterocycles. The standard InChI is InChI=1S/C19H18BrNO/c1-18(2)14-8-4-5-10-16(14)21(3)19(18)12-11-13-7-6-9-15(20)17(13)22-19/h4-12H,1-3H3. The van der Waals surface area contributed by atoms with Crippen molar-refractivity contribution in [2.75, 3.05) is 11.9 Å². The molecule has 2 aliphatic rings. The molecule has 0 saturated heterocycles. The van der Waals surface area contributed by atoms with E-state index in [0.29, 0.717) is 0 Å². The van der Waals surface area contributed by atoms with Gasteiger partial charge in [0.2, 0.25) is 5.72 Å². The van der Waals surface area contributed by atoms with Crippen LogP contribution in [0.4, 0.5) is 5.69 Å². The van der Waals surface area contributed by atoms with Crippen LogP contribution in [-0.4, -0.2) is 12.8 Å². The molecule has 3 heteroatoms. The van der Waals surface area contributed by atoms with E-state index >= 15 is 0 Å². The van der Waals surface area contributed by atoms with Gasteiger partial charge in [0, 0.05) is 18.3 Å². The molecule has 4 rings (SSSR count). The number of rotatable bonds is 0. The summed E-state index contributed by atoms with van der Waals surface area (Å²) in [5.41, 5.74) is 3.00. The normalized spacial score (nSPS) is 24.1. The summed E-state index contributed by atoms with van der Waals surface area (Å²) in [6, 6.07) is 14.7. The van der Waals surface area contributed by atoms with Crippen LogP contribution in [0.15, 0.2) is 53.0 Å². The van der Waals surface area contributed by atoms with Crippen molar-refractivity contribution in [2.24, 2.45) is 0 Å². The van der Waals surface area contributed by atoms with E-state index in [9.17, 15) is 0 Å². The summed E-state index contributed by atoms with van der Waals surface area (Å²) < 4.78 is 7.61. The fourth-order valence-electron chi connectivity index (χ4n) is 3.76. The van der Waals surface area contributed by atoms with Crippen LogP contribution in [0, 0.1) is 0 Å². The van der Waals surface area contributed by atoms with Gasteiger partial charge in [0.15, 0.2) is 0 Å². The number of likely N-dealkylation sites (N-methyl/N-ethyl adjacent to an activating group) is 1. The molecule has 22 heavy (non-hydrogen) atoms. The van der Waals surface area contributed by atoms with Gasteiger partial charge in [-0.3, -0.25) is 0 Å². The largest absolute Gasteiger partial charge is 0.462 e. The van der Waals surface area contributed by atoms with Crippen molar-refractivity contribution in [3.05, 3.63) is 64.1 Å². The molecule has 0 N–H and O–H groups in total. The number of nitrogens with zero attached hydrogens (tertiary/aromatic N) is 1. The van der Waals surface area contributed by atoms with E-state index in [2.05, 4.69) is 84.2 Å². The zero-order valence-corrected chi connectivity index (χ0v) is 14.5. The lowest BCUT2D eigenvalue weighted by Gasteiger charge is -2.46. The molecule has 2 nitrogen and oxygen atoms in total. The summed E-state index contributed by atoms with van der Waals surface area (Å²) in [5.74, 6) is 0.915. The third-order valence-electron chi connectivity index (χ3n) is 5.08. The summed E-state index contributed by atoms with van der Waals surface area (Å²) in [7, 11) is 2.11. The van der Waals surface area contributed by atoms with Crippen molar-refractivity contribution >= 4 is 27.7 Å². The first kappa shape index (κ1) is 13.9. The lowest BCUT2D eigenvalue weighted by molar-refractivity contribution is 0.0573. The van der Waals surface area contributed by atoms with E-state index in [0.717, 1.165) is 15.8 Å². The molecular formula is C19H18BrNO. The molecule has 2 aromatic rings. The highest BCUT2D eigenvalue weighted by atomic mass is 79.9. The molecule has 0 saturated carbocycles. The molecule has 0 amide bonds. The molecule has 1 atom stereocenters. The average Bonchev–Trinajstić information content (AvgIpc) is 2.68. The molecule has 2 heterocycles. The van der Waals surface area contributed by atoms with Crippen LogP contribution in [0.2, 0.25) is 0 Å². The maximum atomic E-state index is 6.61. The Morgan fingerprint density at radius 3 is 2.59 bits per heavy atom. The fourth-order valence-corrected chi connectivity index (χ4v) is 4.22. The predicted molar refractivity (Wildman–Crippen MR) is 94.4 cm³/mol. The van der Waals surface area contributed by atoms with E-state index in [1.54, 1.807) is 0 Å². The third-order valence-corrected chi connectivity index (χ3v) is 5.70. The van der Waals surface area contributed by atoms with Crippen LogP contribution in [-0.2, 0) is 5.41 Å². The average molecular weight is 356 g/mol. The molecular weight excluding hydrogens is 338 g/mol. The van der Waals surface area contributed by atoms with Crippen molar-refractivity contribution in [2.45, 2.75) is 25.0 Å². The van der Waals surface area contributed by atoms with Gasteiger partial charge in [-0.1, -0.05) is 30.3 Å². The number of benzene rings is 2. The Hall–Kier alpha value is -1.74. The monoisotopic (exact) mass is 355 g/mol. The Morgan fingerprint density at radius 1 is 1.05 bits per heavy atom. The van der Waals surface area contributed by atoms with Crippen LogP contribution < -0.4 is 9.64 Å². The lowest BCUT2D eigenvalue weighted by atomic mass is 9.76. The molecule has 2 aliphatic heterocycles. The van der Waals surface area contributed by atoms with Crippen molar-refractivity contribution in [3.63, 3.8) is 0 Å². The first-order valence-corrected chi connectivity index (χ1v) is 8.27. The third kappa shape index (κ3) is 1.55. The van der Waals surface area contributed by atoms with Gasteiger partial charge in [-0.25, -0.2) is 0 Å². The molecule has 0 fully saturated rings. The second-order valence-electron chi connectivity index (χ2n) is 6.49. The minimum Gasteiger partial charge on any atom is -0.462 e. The van der Waals surface area contributed by atoms with Crippen LogP contribution in [0.25, 0.3) is 6.08 Å². The maximum absolute atomic E-state index is 6.61. The Kier molecular flexibility index (Phi) is 2.77. The maximum Gasteiger partial charge on any atom is 0.211 e. The summed E-state index contributed by atoms with van der Waals surface area (Å²) in [5, 5.41) is 0. The highest BCUT2D eigenvalue weighted by molar-refractivity contribution is 9.10. The minimum atomic E-state index is -0.506. The Balaban J connectivity index is 1.93. The van der Waals surface area contributed by atoms with Gasteiger partial charge >= 0.3 is 0 Å². The number of hydrogen-bond acceptors (Lipinski definition) is 2. The molecule has 0 radical (unpaired) electrons. The zero-order chi connectivity index (χ0) is 15.5. The van der Waals surface area contributed by atoms with E-state index in [1.165, 1.54) is 11.3 Å². The van der Waals surface area contributed by atoms with Gasteiger partial charge in [0.1, 0.15) is 5.75 Å². The van der Waals surface area contributed by atoms with E-state index in [4.69, 9.17) is 4.74 Å². The summed E-state index contributed by atoms with van der Waals surface area (Å²) >= 11 is 3.63. The lowest BCUT2D eigenvalue weighted by Crippen LogP contribution is -2.58. The molecule has 112 valence electrons. The second kappa shape index (κ2) is 4.39. The van der Waals surface area contributed by atoms with Crippen LogP contribution in [0.5, 0.6) is 5.75 Å². The van der Waals surface area contributed by atoms with Crippen LogP contribution in [0.1, 0.15) is 25.0 Å². The van der Waals surface area contributed by atoms with Crippen molar-refractivity contribution in [3.8, 4) is 5.75 Å². The number of ether oxygens (including phenoxy) is 1. The van der Waals surface area contributed by atoms with E-state index < -0.39 is 5.72 Å². The van der Waals surface area contributed by atoms with Crippen LogP contribution >= 0.6 is 15.9 Å². The van der Waals surface area contributed by atoms with Gasteiger partial charge in [0.05, 0.1) is 9.89 Å². The van der Waals surface area contributed by atoms with Crippen LogP contribution in [0.3, 0.4) is 0 Å². The Bertz CT molecular complexity index is 796. The number of para-hydroxylation sites is 2. The van der Waals surface area contributed by atoms with Gasteiger partial charge in [-0.05, 0) is 59.6 Å². The molecule has 1 unspecified atom stereocenters. The van der Waals surface area contributed by atoms with Gasteiger partial charge in [0.25, 0.3) is 0 Å². The van der Waals surface area contributed by atoms with Gasteiger partial charge in [-0.2, -0.15) is 0 Å². The predicted octanol–water partition coefficient (Wildman–Crippen LogP) is 4.98. The van der Waals surface area contributed by atoms with Gasteiger partial charge < -0.3 is 9.64 Å². The Labute approximate surface area is 139 Å². The second-order valence-corrected chi connectivity index (χ2v) is 7.35. The Morgan fingerprint density at radius 2 is 1.82 bits per heavy atom. The molecule has 0 bridgehead atoms. The fraction of sp³-hybridized carbons (Fsp3) is 0.263. The van der Waals surface area contributed by atoms with Crippen molar-refractivity contribution < 1.29 is 4.74 Å². The zero-order valence-electron chi connectivity index (χ0n) is 12.9. The quantitative estimate of drug-likeness (QED) is 0.660. The number of halogens is 1. The number of fused-ring (bicyclic) bond motifs is 2. The molecule has 0 aliphatic carbocycles. The highest BCUT2D eigenvalue weighted by Gasteiger charge is 2.57. The summed E-state index contributed by atoms with van der Waals surface area (Å²) in [6.45, 7) is 4.50. The first-order chi connectivity index (χ1) is 10.5. The SMILES string of the molecule is CN1c2ccccc2C(C)(C)C12C=Cc1cccc(Br)c1O2. The van der Waals surface area contributed by atoms with E-state index in [1.807, 2.05) is 12.1 Å². The molecule has 2 aromatic carbocycles. The topological polar surface area (TPSA) is 12.5 Å². The molecule has 1 spiro atoms.